The van der Waals surface area contributed by atoms with Crippen molar-refractivity contribution in [3.05, 3.63) is 30.1 Å². The lowest BCUT2D eigenvalue weighted by molar-refractivity contribution is 0.0663. The molecule has 102 valence electrons. The van der Waals surface area contributed by atoms with E-state index in [4.69, 9.17) is 0 Å². The Hall–Kier alpha value is -1.42. The number of nitrogens with one attached hydrogen (secondary N) is 1. The zero-order valence-electron chi connectivity index (χ0n) is 11.2. The zero-order chi connectivity index (χ0) is 13.1. The number of pyridine rings is 1. The van der Waals surface area contributed by atoms with Gasteiger partial charge in [-0.3, -0.25) is 9.78 Å². The average molecular weight is 259 g/mol. The Bertz CT molecular complexity index is 420. The summed E-state index contributed by atoms with van der Waals surface area (Å²) in [5, 5.41) is 3.44. The van der Waals surface area contributed by atoms with Gasteiger partial charge >= 0.3 is 0 Å². The molecule has 2 fully saturated rings. The minimum atomic E-state index is 0.135. The summed E-state index contributed by atoms with van der Waals surface area (Å²) in [6.07, 6.45) is 6.98. The van der Waals surface area contributed by atoms with Gasteiger partial charge in [0.2, 0.25) is 0 Å². The summed E-state index contributed by atoms with van der Waals surface area (Å²) in [6, 6.07) is 3.67. The number of piperidine rings is 1. The quantitative estimate of drug-likeness (QED) is 0.876. The Morgan fingerprint density at radius 2 is 2.11 bits per heavy atom. The van der Waals surface area contributed by atoms with Crippen LogP contribution in [0, 0.1) is 11.8 Å². The first-order valence-corrected chi connectivity index (χ1v) is 7.24. The van der Waals surface area contributed by atoms with Crippen LogP contribution in [0.5, 0.6) is 0 Å². The van der Waals surface area contributed by atoms with Gasteiger partial charge in [0.15, 0.2) is 0 Å². The second-order valence-corrected chi connectivity index (χ2v) is 5.62. The molecule has 0 bridgehead atoms. The first-order chi connectivity index (χ1) is 9.34. The van der Waals surface area contributed by atoms with Gasteiger partial charge in [0.05, 0.1) is 5.56 Å². The number of likely N-dealkylation sites (tertiary alicyclic amines) is 1. The fourth-order valence-electron chi connectivity index (χ4n) is 3.33. The molecule has 3 heterocycles. The van der Waals surface area contributed by atoms with Gasteiger partial charge in [-0.05, 0) is 56.3 Å². The number of carbonyl (C=O) groups is 1. The predicted octanol–water partition coefficient (Wildman–Crippen LogP) is 1.54. The van der Waals surface area contributed by atoms with Crippen LogP contribution in [0.4, 0.5) is 0 Å². The van der Waals surface area contributed by atoms with Crippen molar-refractivity contribution in [2.75, 3.05) is 26.2 Å². The third-order valence-corrected chi connectivity index (χ3v) is 4.50. The Kier molecular flexibility index (Phi) is 3.78. The minimum absolute atomic E-state index is 0.135. The summed E-state index contributed by atoms with van der Waals surface area (Å²) < 4.78 is 0. The SMILES string of the molecule is O=C(c1cccnc1)N1CCC(C2CCNC2)CC1. The topological polar surface area (TPSA) is 45.2 Å². The van der Waals surface area contributed by atoms with E-state index < -0.39 is 0 Å². The molecule has 1 unspecified atom stereocenters. The summed E-state index contributed by atoms with van der Waals surface area (Å²) in [5.74, 6) is 1.76. The summed E-state index contributed by atoms with van der Waals surface area (Å²) >= 11 is 0. The molecule has 4 nitrogen and oxygen atoms in total. The fourth-order valence-corrected chi connectivity index (χ4v) is 3.33. The maximum Gasteiger partial charge on any atom is 0.255 e. The number of rotatable bonds is 2. The molecule has 3 rings (SSSR count). The second kappa shape index (κ2) is 5.70. The summed E-state index contributed by atoms with van der Waals surface area (Å²) in [6.45, 7) is 4.13. The van der Waals surface area contributed by atoms with E-state index in [-0.39, 0.29) is 5.91 Å². The van der Waals surface area contributed by atoms with Gasteiger partial charge in [0.1, 0.15) is 0 Å². The zero-order valence-corrected chi connectivity index (χ0v) is 11.2. The van der Waals surface area contributed by atoms with E-state index in [2.05, 4.69) is 10.3 Å². The van der Waals surface area contributed by atoms with E-state index in [0.717, 1.165) is 37.8 Å². The van der Waals surface area contributed by atoms with Crippen molar-refractivity contribution in [3.63, 3.8) is 0 Å². The molecule has 19 heavy (non-hydrogen) atoms. The summed E-state index contributed by atoms with van der Waals surface area (Å²) in [7, 11) is 0. The third-order valence-electron chi connectivity index (χ3n) is 4.50. The molecule has 0 spiro atoms. The number of aromatic nitrogens is 1. The molecule has 1 atom stereocenters. The van der Waals surface area contributed by atoms with Crippen molar-refractivity contribution in [2.45, 2.75) is 19.3 Å². The van der Waals surface area contributed by atoms with Gasteiger partial charge < -0.3 is 10.2 Å². The van der Waals surface area contributed by atoms with Crippen LogP contribution in [0.3, 0.4) is 0 Å². The fraction of sp³-hybridized carbons (Fsp3) is 0.600. The molecule has 0 aliphatic carbocycles. The maximum absolute atomic E-state index is 12.3. The second-order valence-electron chi connectivity index (χ2n) is 5.62. The first kappa shape index (κ1) is 12.6. The number of amides is 1. The van der Waals surface area contributed by atoms with Crippen LogP contribution in [0.25, 0.3) is 0 Å². The Balaban J connectivity index is 1.56. The van der Waals surface area contributed by atoms with Gasteiger partial charge in [-0.15, -0.1) is 0 Å². The Morgan fingerprint density at radius 3 is 2.74 bits per heavy atom. The molecule has 1 N–H and O–H groups in total. The van der Waals surface area contributed by atoms with Gasteiger partial charge in [-0.25, -0.2) is 0 Å². The molecular formula is C15H21N3O. The smallest absolute Gasteiger partial charge is 0.255 e. The van der Waals surface area contributed by atoms with E-state index in [9.17, 15) is 4.79 Å². The van der Waals surface area contributed by atoms with E-state index in [1.165, 1.54) is 19.5 Å². The van der Waals surface area contributed by atoms with Crippen LogP contribution < -0.4 is 5.32 Å². The van der Waals surface area contributed by atoms with Crippen molar-refractivity contribution < 1.29 is 4.79 Å². The number of hydrogen-bond donors (Lipinski definition) is 1. The molecule has 1 amide bonds. The highest BCUT2D eigenvalue weighted by Crippen LogP contribution is 2.29. The predicted molar refractivity (Wildman–Crippen MR) is 73.8 cm³/mol. The van der Waals surface area contributed by atoms with Crippen molar-refractivity contribution in [1.29, 1.82) is 0 Å². The highest BCUT2D eigenvalue weighted by atomic mass is 16.2. The maximum atomic E-state index is 12.3. The minimum Gasteiger partial charge on any atom is -0.339 e. The van der Waals surface area contributed by atoms with Gasteiger partial charge in [-0.2, -0.15) is 0 Å². The third kappa shape index (κ3) is 2.78. The van der Waals surface area contributed by atoms with Crippen LogP contribution in [-0.4, -0.2) is 42.0 Å². The van der Waals surface area contributed by atoms with Crippen molar-refractivity contribution >= 4 is 5.91 Å². The average Bonchev–Trinajstić information content (AvgIpc) is 3.02. The molecule has 2 aliphatic heterocycles. The molecule has 2 aliphatic rings. The van der Waals surface area contributed by atoms with E-state index >= 15 is 0 Å². The monoisotopic (exact) mass is 259 g/mol. The van der Waals surface area contributed by atoms with Gasteiger partial charge in [0, 0.05) is 25.5 Å². The first-order valence-electron chi connectivity index (χ1n) is 7.24. The van der Waals surface area contributed by atoms with Gasteiger partial charge in [0.25, 0.3) is 5.91 Å². The van der Waals surface area contributed by atoms with E-state index in [0.29, 0.717) is 5.56 Å². The molecular weight excluding hydrogens is 238 g/mol. The lowest BCUT2D eigenvalue weighted by Gasteiger charge is -2.34. The van der Waals surface area contributed by atoms with Crippen molar-refractivity contribution in [1.82, 2.24) is 15.2 Å². The van der Waals surface area contributed by atoms with Crippen LogP contribution in [0.1, 0.15) is 29.6 Å². The molecule has 4 heteroatoms. The van der Waals surface area contributed by atoms with Crippen molar-refractivity contribution in [3.8, 4) is 0 Å². The van der Waals surface area contributed by atoms with Crippen molar-refractivity contribution in [2.24, 2.45) is 11.8 Å². The number of nitrogens with zero attached hydrogens (tertiary/aromatic N) is 2. The Labute approximate surface area is 114 Å². The standard InChI is InChI=1S/C15H21N3O/c19-15(14-2-1-6-16-11-14)18-8-4-12(5-9-18)13-3-7-17-10-13/h1-2,6,11-13,17H,3-5,7-10H2. The number of hydrogen-bond acceptors (Lipinski definition) is 3. The highest BCUT2D eigenvalue weighted by Gasteiger charge is 2.30. The molecule has 1 aromatic heterocycles. The number of carbonyl (C=O) groups excluding carboxylic acids is 1. The van der Waals surface area contributed by atoms with Crippen LogP contribution >= 0.6 is 0 Å². The molecule has 0 aromatic carbocycles. The highest BCUT2D eigenvalue weighted by molar-refractivity contribution is 5.93. The Morgan fingerprint density at radius 1 is 1.26 bits per heavy atom. The van der Waals surface area contributed by atoms with E-state index in [1.54, 1.807) is 12.4 Å². The largest absolute Gasteiger partial charge is 0.339 e. The van der Waals surface area contributed by atoms with Crippen LogP contribution in [0.2, 0.25) is 0 Å². The molecule has 2 saturated heterocycles. The lowest BCUT2D eigenvalue weighted by Crippen LogP contribution is -2.40. The molecule has 1 aromatic rings. The van der Waals surface area contributed by atoms with Gasteiger partial charge in [-0.1, -0.05) is 0 Å². The lowest BCUT2D eigenvalue weighted by atomic mass is 9.83. The molecule has 0 radical (unpaired) electrons. The van der Waals surface area contributed by atoms with E-state index in [1.807, 2.05) is 17.0 Å². The molecule has 0 saturated carbocycles. The van der Waals surface area contributed by atoms with Crippen LogP contribution in [0.15, 0.2) is 24.5 Å². The van der Waals surface area contributed by atoms with Crippen LogP contribution in [-0.2, 0) is 0 Å². The summed E-state index contributed by atoms with van der Waals surface area (Å²) in [5.41, 5.74) is 0.712. The normalized spacial score (nSPS) is 24.6. The summed E-state index contributed by atoms with van der Waals surface area (Å²) in [4.78, 5) is 18.3.